The molecule has 0 aromatic rings. The lowest BCUT2D eigenvalue weighted by atomic mass is 9.67. The van der Waals surface area contributed by atoms with Gasteiger partial charge in [0.25, 0.3) is 0 Å². The molecule has 3 heteroatoms. The maximum absolute atomic E-state index is 11.7. The van der Waals surface area contributed by atoms with E-state index >= 15 is 0 Å². The van der Waals surface area contributed by atoms with Crippen molar-refractivity contribution in [3.05, 3.63) is 0 Å². The minimum absolute atomic E-state index is 0.107. The van der Waals surface area contributed by atoms with E-state index in [9.17, 15) is 4.79 Å². The van der Waals surface area contributed by atoms with Gasteiger partial charge >= 0.3 is 0 Å². The SMILES string of the molecule is O=C(NC1CC1)[C@H]1CC2(CCC2)CN1. The van der Waals surface area contributed by atoms with Gasteiger partial charge in [-0.05, 0) is 37.5 Å². The van der Waals surface area contributed by atoms with Crippen molar-refractivity contribution in [3.8, 4) is 0 Å². The largest absolute Gasteiger partial charge is 0.352 e. The molecule has 2 N–H and O–H groups in total. The van der Waals surface area contributed by atoms with Crippen LogP contribution in [0.5, 0.6) is 0 Å². The molecule has 3 aliphatic rings. The summed E-state index contributed by atoms with van der Waals surface area (Å²) in [7, 11) is 0. The lowest BCUT2D eigenvalue weighted by Crippen LogP contribution is -2.41. The molecule has 3 fully saturated rings. The number of hydrogen-bond donors (Lipinski definition) is 2. The molecule has 2 saturated carbocycles. The zero-order valence-electron chi connectivity index (χ0n) is 8.51. The first kappa shape index (κ1) is 8.72. The summed E-state index contributed by atoms with van der Waals surface area (Å²) in [5.74, 6) is 0.247. The maximum Gasteiger partial charge on any atom is 0.237 e. The van der Waals surface area contributed by atoms with Crippen molar-refractivity contribution in [2.45, 2.75) is 50.6 Å². The Kier molecular flexibility index (Phi) is 1.84. The molecule has 1 spiro atoms. The molecule has 0 radical (unpaired) electrons. The molecule has 3 rings (SSSR count). The first-order valence-corrected chi connectivity index (χ1v) is 5.81. The van der Waals surface area contributed by atoms with Gasteiger partial charge in [-0.3, -0.25) is 4.79 Å². The quantitative estimate of drug-likeness (QED) is 0.682. The topological polar surface area (TPSA) is 41.1 Å². The molecule has 0 aromatic heterocycles. The molecule has 1 heterocycles. The van der Waals surface area contributed by atoms with Crippen molar-refractivity contribution in [3.63, 3.8) is 0 Å². The number of hydrogen-bond acceptors (Lipinski definition) is 2. The zero-order valence-corrected chi connectivity index (χ0v) is 8.51. The van der Waals surface area contributed by atoms with Crippen LogP contribution in [0.3, 0.4) is 0 Å². The Bertz CT molecular complexity index is 256. The number of carbonyl (C=O) groups excluding carboxylic acids is 1. The summed E-state index contributed by atoms with van der Waals surface area (Å²) >= 11 is 0. The molecule has 0 aromatic carbocycles. The van der Waals surface area contributed by atoms with Gasteiger partial charge in [0.2, 0.25) is 5.91 Å². The Morgan fingerprint density at radius 2 is 2.14 bits per heavy atom. The molecule has 0 unspecified atom stereocenters. The van der Waals surface area contributed by atoms with E-state index in [2.05, 4.69) is 10.6 Å². The van der Waals surface area contributed by atoms with Crippen LogP contribution in [-0.2, 0) is 4.79 Å². The summed E-state index contributed by atoms with van der Waals surface area (Å²) in [5, 5.41) is 6.45. The number of nitrogens with one attached hydrogen (secondary N) is 2. The van der Waals surface area contributed by atoms with Crippen molar-refractivity contribution >= 4 is 5.91 Å². The smallest absolute Gasteiger partial charge is 0.237 e. The molecule has 1 saturated heterocycles. The van der Waals surface area contributed by atoms with E-state index in [0.717, 1.165) is 13.0 Å². The highest BCUT2D eigenvalue weighted by Gasteiger charge is 2.45. The number of rotatable bonds is 2. The van der Waals surface area contributed by atoms with E-state index in [-0.39, 0.29) is 11.9 Å². The Morgan fingerprint density at radius 1 is 1.36 bits per heavy atom. The van der Waals surface area contributed by atoms with Gasteiger partial charge in [-0.2, -0.15) is 0 Å². The Morgan fingerprint density at radius 3 is 2.64 bits per heavy atom. The highest BCUT2D eigenvalue weighted by molar-refractivity contribution is 5.82. The van der Waals surface area contributed by atoms with Gasteiger partial charge in [-0.15, -0.1) is 0 Å². The summed E-state index contributed by atoms with van der Waals surface area (Å²) in [6.45, 7) is 1.07. The van der Waals surface area contributed by atoms with Gasteiger partial charge in [0.15, 0.2) is 0 Å². The van der Waals surface area contributed by atoms with Crippen LogP contribution in [-0.4, -0.2) is 24.5 Å². The Labute approximate surface area is 84.6 Å². The van der Waals surface area contributed by atoms with Crippen LogP contribution in [0.25, 0.3) is 0 Å². The van der Waals surface area contributed by atoms with E-state index in [0.29, 0.717) is 11.5 Å². The third-order valence-electron chi connectivity index (χ3n) is 4.02. The maximum atomic E-state index is 11.7. The van der Waals surface area contributed by atoms with E-state index < -0.39 is 0 Å². The Hall–Kier alpha value is -0.570. The standard InChI is InChI=1S/C11H18N2O/c14-10(13-8-2-3-8)9-6-11(7-12-9)4-1-5-11/h8-9,12H,1-7H2,(H,13,14)/t9-/m1/s1. The van der Waals surface area contributed by atoms with Crippen LogP contribution in [0.4, 0.5) is 0 Å². The third-order valence-corrected chi connectivity index (χ3v) is 4.02. The lowest BCUT2D eigenvalue weighted by Gasteiger charge is -2.37. The van der Waals surface area contributed by atoms with Crippen molar-refractivity contribution in [2.24, 2.45) is 5.41 Å². The van der Waals surface area contributed by atoms with Gasteiger partial charge in [0.05, 0.1) is 6.04 Å². The molecular formula is C11H18N2O. The van der Waals surface area contributed by atoms with Gasteiger partial charge in [-0.25, -0.2) is 0 Å². The predicted octanol–water partition coefficient (Wildman–Crippen LogP) is 0.797. The molecule has 2 aliphatic carbocycles. The molecular weight excluding hydrogens is 176 g/mol. The normalized spacial score (nSPS) is 34.1. The summed E-state index contributed by atoms with van der Waals surface area (Å²) in [4.78, 5) is 11.7. The highest BCUT2D eigenvalue weighted by atomic mass is 16.2. The predicted molar refractivity (Wildman–Crippen MR) is 53.9 cm³/mol. The minimum atomic E-state index is 0.107. The third kappa shape index (κ3) is 1.44. The van der Waals surface area contributed by atoms with Gasteiger partial charge in [0.1, 0.15) is 0 Å². The van der Waals surface area contributed by atoms with Crippen LogP contribution < -0.4 is 10.6 Å². The van der Waals surface area contributed by atoms with Crippen LogP contribution in [0.2, 0.25) is 0 Å². The summed E-state index contributed by atoms with van der Waals surface area (Å²) in [6, 6.07) is 0.609. The van der Waals surface area contributed by atoms with Crippen molar-refractivity contribution in [1.29, 1.82) is 0 Å². The summed E-state index contributed by atoms with van der Waals surface area (Å²) in [6.07, 6.45) is 7.46. The fraction of sp³-hybridized carbons (Fsp3) is 0.909. The second-order valence-corrected chi connectivity index (χ2v) is 5.27. The number of carbonyl (C=O) groups is 1. The average molecular weight is 194 g/mol. The van der Waals surface area contributed by atoms with E-state index in [1.54, 1.807) is 0 Å². The number of amides is 1. The molecule has 3 nitrogen and oxygen atoms in total. The van der Waals surface area contributed by atoms with Crippen molar-refractivity contribution in [1.82, 2.24) is 10.6 Å². The van der Waals surface area contributed by atoms with Crippen LogP contribution in [0, 0.1) is 5.41 Å². The lowest BCUT2D eigenvalue weighted by molar-refractivity contribution is -0.123. The van der Waals surface area contributed by atoms with Gasteiger partial charge in [-0.1, -0.05) is 6.42 Å². The Balaban J connectivity index is 1.55. The van der Waals surface area contributed by atoms with Crippen LogP contribution in [0.1, 0.15) is 38.5 Å². The fourth-order valence-electron chi connectivity index (χ4n) is 2.69. The average Bonchev–Trinajstić information content (AvgIpc) is 2.81. The summed E-state index contributed by atoms with van der Waals surface area (Å²) in [5.41, 5.74) is 0.506. The summed E-state index contributed by atoms with van der Waals surface area (Å²) < 4.78 is 0. The van der Waals surface area contributed by atoms with Gasteiger partial charge in [0, 0.05) is 12.6 Å². The van der Waals surface area contributed by atoms with E-state index in [1.807, 2.05) is 0 Å². The highest BCUT2D eigenvalue weighted by Crippen LogP contribution is 2.47. The first-order valence-electron chi connectivity index (χ1n) is 5.81. The van der Waals surface area contributed by atoms with Crippen LogP contribution >= 0.6 is 0 Å². The fourth-order valence-corrected chi connectivity index (χ4v) is 2.69. The molecule has 0 bridgehead atoms. The minimum Gasteiger partial charge on any atom is -0.352 e. The molecule has 1 amide bonds. The molecule has 1 aliphatic heterocycles. The first-order chi connectivity index (χ1) is 6.77. The molecule has 78 valence electrons. The second-order valence-electron chi connectivity index (χ2n) is 5.27. The molecule has 1 atom stereocenters. The van der Waals surface area contributed by atoms with Crippen molar-refractivity contribution < 1.29 is 4.79 Å². The van der Waals surface area contributed by atoms with E-state index in [4.69, 9.17) is 0 Å². The monoisotopic (exact) mass is 194 g/mol. The van der Waals surface area contributed by atoms with Gasteiger partial charge < -0.3 is 10.6 Å². The molecule has 14 heavy (non-hydrogen) atoms. The zero-order chi connectivity index (χ0) is 9.60. The van der Waals surface area contributed by atoms with E-state index in [1.165, 1.54) is 32.1 Å². The van der Waals surface area contributed by atoms with Crippen molar-refractivity contribution in [2.75, 3.05) is 6.54 Å². The second kappa shape index (κ2) is 2.96. The van der Waals surface area contributed by atoms with Crippen LogP contribution in [0.15, 0.2) is 0 Å².